The van der Waals surface area contributed by atoms with Gasteiger partial charge in [-0.1, -0.05) is 30.3 Å². The maximum Gasteiger partial charge on any atom is 0.323 e. The number of rotatable bonds is 9. The van der Waals surface area contributed by atoms with E-state index in [0.29, 0.717) is 5.56 Å². The first kappa shape index (κ1) is 18.3. The van der Waals surface area contributed by atoms with Gasteiger partial charge in [-0.3, -0.25) is 19.2 Å². The number of nitrogens with two attached hydrogens (primary N) is 1. The molecule has 4 N–H and O–H groups in total. The third-order valence-corrected chi connectivity index (χ3v) is 3.29. The number of aliphatic carboxylic acids is 1. The van der Waals surface area contributed by atoms with E-state index < -0.39 is 42.1 Å². The van der Waals surface area contributed by atoms with Gasteiger partial charge < -0.3 is 20.9 Å². The Morgan fingerprint density at radius 3 is 2.39 bits per heavy atom. The van der Waals surface area contributed by atoms with Gasteiger partial charge in [0.05, 0.1) is 25.5 Å². The van der Waals surface area contributed by atoms with Crippen molar-refractivity contribution in [1.29, 1.82) is 0 Å². The van der Waals surface area contributed by atoms with Crippen molar-refractivity contribution in [3.63, 3.8) is 0 Å². The van der Waals surface area contributed by atoms with E-state index in [1.165, 1.54) is 0 Å². The minimum Gasteiger partial charge on any atom is -0.481 e. The number of ether oxygens (including phenoxy) is 1. The summed E-state index contributed by atoms with van der Waals surface area (Å²) in [5, 5.41) is 11.0. The van der Waals surface area contributed by atoms with Crippen LogP contribution in [0, 0.1) is 0 Å². The minimum atomic E-state index is -1.32. The van der Waals surface area contributed by atoms with Gasteiger partial charge in [0.2, 0.25) is 6.41 Å². The molecule has 0 heterocycles. The predicted octanol–water partition coefficient (Wildman–Crippen LogP) is -0.571. The second kappa shape index (κ2) is 8.64. The molecule has 0 aliphatic rings. The zero-order valence-electron chi connectivity index (χ0n) is 12.5. The molecule has 0 bridgehead atoms. The first-order valence-electron chi connectivity index (χ1n) is 6.76. The lowest BCUT2D eigenvalue weighted by atomic mass is 9.84. The number of hydrogen-bond donors (Lipinski definition) is 3. The molecule has 0 radical (unpaired) electrons. The van der Waals surface area contributed by atoms with Crippen molar-refractivity contribution < 1.29 is 29.0 Å². The maximum atomic E-state index is 12.7. The second-order valence-electron chi connectivity index (χ2n) is 4.77. The zero-order valence-corrected chi connectivity index (χ0v) is 12.5. The van der Waals surface area contributed by atoms with Crippen LogP contribution in [0.1, 0.15) is 17.9 Å². The number of amides is 1. The molecule has 3 atom stereocenters. The van der Waals surface area contributed by atoms with Gasteiger partial charge in [-0.2, -0.15) is 0 Å². The molecular weight excluding hydrogens is 304 g/mol. The Hall–Kier alpha value is -2.74. The van der Waals surface area contributed by atoms with Crippen LogP contribution in [0.25, 0.3) is 0 Å². The Balaban J connectivity index is 3.21. The van der Waals surface area contributed by atoms with E-state index in [9.17, 15) is 19.2 Å². The molecule has 0 fully saturated rings. The Bertz CT molecular complexity index is 575. The molecule has 124 valence electrons. The predicted molar refractivity (Wildman–Crippen MR) is 79.4 cm³/mol. The largest absolute Gasteiger partial charge is 0.481 e. The molecule has 0 spiro atoms. The molecule has 0 aromatic heterocycles. The van der Waals surface area contributed by atoms with Gasteiger partial charge in [-0.15, -0.1) is 0 Å². The lowest BCUT2D eigenvalue weighted by molar-refractivity contribution is -0.145. The summed E-state index contributed by atoms with van der Waals surface area (Å²) in [6.07, 6.45) is -0.383. The van der Waals surface area contributed by atoms with Crippen molar-refractivity contribution in [3.8, 4) is 0 Å². The van der Waals surface area contributed by atoms with Crippen LogP contribution >= 0.6 is 0 Å². The third-order valence-electron chi connectivity index (χ3n) is 3.29. The molecule has 0 saturated heterocycles. The van der Waals surface area contributed by atoms with E-state index >= 15 is 0 Å². The van der Waals surface area contributed by atoms with Gasteiger partial charge in [-0.25, -0.2) is 0 Å². The summed E-state index contributed by atoms with van der Waals surface area (Å²) < 4.78 is 4.56. The van der Waals surface area contributed by atoms with Crippen molar-refractivity contribution in [3.05, 3.63) is 35.9 Å². The summed E-state index contributed by atoms with van der Waals surface area (Å²) in [7, 11) is 1.13. The normalized spacial score (nSPS) is 14.2. The Morgan fingerprint density at radius 2 is 1.91 bits per heavy atom. The summed E-state index contributed by atoms with van der Waals surface area (Å²) >= 11 is 0. The van der Waals surface area contributed by atoms with E-state index in [1.807, 2.05) is 0 Å². The monoisotopic (exact) mass is 322 g/mol. The van der Waals surface area contributed by atoms with E-state index in [0.717, 1.165) is 7.11 Å². The first-order chi connectivity index (χ1) is 10.9. The van der Waals surface area contributed by atoms with Gasteiger partial charge in [-0.05, 0) is 5.56 Å². The average molecular weight is 322 g/mol. The first-order valence-corrected chi connectivity index (χ1v) is 6.76. The number of methoxy groups -OCH3 is 1. The molecule has 1 amide bonds. The van der Waals surface area contributed by atoms with E-state index in [-0.39, 0.29) is 6.41 Å². The summed E-state index contributed by atoms with van der Waals surface area (Å²) in [6.45, 7) is 0. The van der Waals surface area contributed by atoms with Crippen LogP contribution < -0.4 is 11.1 Å². The number of carbonyl (C=O) groups is 4. The van der Waals surface area contributed by atoms with Crippen LogP contribution in [0.15, 0.2) is 30.3 Å². The van der Waals surface area contributed by atoms with Crippen molar-refractivity contribution in [2.45, 2.75) is 24.4 Å². The highest BCUT2D eigenvalue weighted by molar-refractivity contribution is 5.98. The highest BCUT2D eigenvalue weighted by Gasteiger charge is 2.37. The fourth-order valence-corrected chi connectivity index (χ4v) is 2.20. The smallest absolute Gasteiger partial charge is 0.323 e. The number of carboxylic acid groups (broad SMARTS) is 1. The standard InChI is InChI=1S/C15H18N2O6/c1-23-15(22)13(16)12(9-5-3-2-4-6-9)14(21)10(17-8-18)7-11(19)20/h2-6,8,10,12-13H,7,16H2,1H3,(H,17,18)(H,19,20)/t10-,12?,13-/m0/s1. The molecule has 1 aromatic rings. The maximum absolute atomic E-state index is 12.7. The van der Waals surface area contributed by atoms with E-state index in [4.69, 9.17) is 10.8 Å². The van der Waals surface area contributed by atoms with Gasteiger partial charge >= 0.3 is 11.9 Å². The van der Waals surface area contributed by atoms with Gasteiger partial charge in [0, 0.05) is 0 Å². The third kappa shape index (κ3) is 4.89. The molecule has 8 nitrogen and oxygen atoms in total. The quantitative estimate of drug-likeness (QED) is 0.409. The zero-order chi connectivity index (χ0) is 17.4. The molecule has 1 unspecified atom stereocenters. The van der Waals surface area contributed by atoms with Crippen molar-refractivity contribution in [2.24, 2.45) is 5.73 Å². The van der Waals surface area contributed by atoms with Crippen LogP contribution in [-0.4, -0.2) is 48.4 Å². The number of carboxylic acids is 1. The molecule has 0 aliphatic heterocycles. The number of ketones is 1. The van der Waals surface area contributed by atoms with Crippen LogP contribution in [0.3, 0.4) is 0 Å². The highest BCUT2D eigenvalue weighted by atomic mass is 16.5. The highest BCUT2D eigenvalue weighted by Crippen LogP contribution is 2.23. The summed E-state index contributed by atoms with van der Waals surface area (Å²) in [6, 6.07) is 5.57. The minimum absolute atomic E-state index is 0.233. The summed E-state index contributed by atoms with van der Waals surface area (Å²) in [4.78, 5) is 45.9. The lowest BCUT2D eigenvalue weighted by Gasteiger charge is -2.25. The van der Waals surface area contributed by atoms with Crippen LogP contribution in [0.5, 0.6) is 0 Å². The number of carbonyl (C=O) groups excluding carboxylic acids is 3. The Morgan fingerprint density at radius 1 is 1.30 bits per heavy atom. The van der Waals surface area contributed by atoms with E-state index in [2.05, 4.69) is 10.1 Å². The fraction of sp³-hybridized carbons (Fsp3) is 0.333. The van der Waals surface area contributed by atoms with Gasteiger partial charge in [0.15, 0.2) is 5.78 Å². The average Bonchev–Trinajstić information content (AvgIpc) is 2.54. The molecular formula is C15H18N2O6. The van der Waals surface area contributed by atoms with Crippen LogP contribution in [0.2, 0.25) is 0 Å². The van der Waals surface area contributed by atoms with Crippen molar-refractivity contribution in [2.75, 3.05) is 7.11 Å². The second-order valence-corrected chi connectivity index (χ2v) is 4.77. The molecule has 8 heteroatoms. The van der Waals surface area contributed by atoms with Gasteiger partial charge in [0.1, 0.15) is 6.04 Å². The van der Waals surface area contributed by atoms with Crippen LogP contribution in [-0.2, 0) is 23.9 Å². The number of esters is 1. The molecule has 1 rings (SSSR count). The van der Waals surface area contributed by atoms with Crippen molar-refractivity contribution >= 4 is 24.1 Å². The molecule has 23 heavy (non-hydrogen) atoms. The summed E-state index contributed by atoms with van der Waals surface area (Å²) in [5.41, 5.74) is 6.24. The van der Waals surface area contributed by atoms with Crippen LogP contribution in [0.4, 0.5) is 0 Å². The Labute approximate surface area is 132 Å². The molecule has 0 aliphatic carbocycles. The topological polar surface area (TPSA) is 136 Å². The number of nitrogens with one attached hydrogen (secondary N) is 1. The van der Waals surface area contributed by atoms with Gasteiger partial charge in [0.25, 0.3) is 0 Å². The summed E-state index contributed by atoms with van der Waals surface area (Å²) in [5.74, 6) is -3.90. The fourth-order valence-electron chi connectivity index (χ4n) is 2.20. The number of benzene rings is 1. The molecule has 0 saturated carbocycles. The molecule has 1 aromatic carbocycles. The number of hydrogen-bond acceptors (Lipinski definition) is 6. The SMILES string of the molecule is COC(=O)[C@@H](N)C(C(=O)[C@H](CC(=O)O)NC=O)c1ccccc1. The van der Waals surface area contributed by atoms with E-state index in [1.54, 1.807) is 30.3 Å². The van der Waals surface area contributed by atoms with Crippen molar-refractivity contribution in [1.82, 2.24) is 5.32 Å². The Kier molecular flexibility index (Phi) is 6.88. The number of Topliss-reactive ketones (excluding diaryl/α,β-unsaturated/α-hetero) is 1. The lowest BCUT2D eigenvalue weighted by Crippen LogP contribution is -2.48.